The van der Waals surface area contributed by atoms with Crippen molar-refractivity contribution in [3.63, 3.8) is 0 Å². The van der Waals surface area contributed by atoms with Crippen LogP contribution < -0.4 is 20.5 Å². The number of methoxy groups -OCH3 is 1. The molecule has 0 saturated heterocycles. The molecule has 1 aromatic carbocycles. The van der Waals surface area contributed by atoms with E-state index in [9.17, 15) is 9.59 Å². The number of amides is 2. The first-order valence-electron chi connectivity index (χ1n) is 8.19. The number of H-pyrrole nitrogens is 1. The summed E-state index contributed by atoms with van der Waals surface area (Å²) in [5.74, 6) is 0.0830. The molecule has 9 heteroatoms. The van der Waals surface area contributed by atoms with Crippen molar-refractivity contribution < 1.29 is 19.1 Å². The number of benzene rings is 1. The van der Waals surface area contributed by atoms with Gasteiger partial charge in [0.25, 0.3) is 11.8 Å². The largest absolute Gasteiger partial charge is 0.493 e. The van der Waals surface area contributed by atoms with Gasteiger partial charge in [0.1, 0.15) is 12.3 Å². The predicted molar refractivity (Wildman–Crippen MR) is 107 cm³/mol. The first-order chi connectivity index (χ1) is 13.5. The van der Waals surface area contributed by atoms with E-state index in [0.717, 1.165) is 0 Å². The fourth-order valence-corrected chi connectivity index (χ4v) is 3.11. The maximum Gasteiger partial charge on any atom is 0.265 e. The highest BCUT2D eigenvalue weighted by Gasteiger charge is 2.14. The lowest BCUT2D eigenvalue weighted by Crippen LogP contribution is -2.12. The number of ether oxygens (including phenoxy) is 2. The summed E-state index contributed by atoms with van der Waals surface area (Å²) in [7, 11) is 1.50. The van der Waals surface area contributed by atoms with E-state index >= 15 is 0 Å². The van der Waals surface area contributed by atoms with Crippen molar-refractivity contribution in [2.24, 2.45) is 5.73 Å². The molecular weight excluding hydrogens is 380 g/mol. The van der Waals surface area contributed by atoms with Crippen LogP contribution in [0.15, 0.2) is 48.5 Å². The minimum absolute atomic E-state index is 0.291. The predicted octanol–water partition coefficient (Wildman–Crippen LogP) is 3.06. The molecule has 0 spiro atoms. The van der Waals surface area contributed by atoms with E-state index in [4.69, 9.17) is 15.2 Å². The number of anilines is 1. The topological polar surface area (TPSA) is 119 Å². The molecule has 2 amide bonds. The Morgan fingerprint density at radius 2 is 2.18 bits per heavy atom. The highest BCUT2D eigenvalue weighted by molar-refractivity contribution is 7.14. The molecule has 0 radical (unpaired) electrons. The van der Waals surface area contributed by atoms with E-state index in [0.29, 0.717) is 45.8 Å². The van der Waals surface area contributed by atoms with E-state index in [1.807, 2.05) is 0 Å². The van der Waals surface area contributed by atoms with Crippen LogP contribution in [0.2, 0.25) is 0 Å². The molecule has 144 valence electrons. The molecule has 0 unspecified atom stereocenters. The Labute approximate surface area is 165 Å². The van der Waals surface area contributed by atoms with E-state index in [-0.39, 0.29) is 5.91 Å². The second-order valence-corrected chi connectivity index (χ2v) is 6.48. The van der Waals surface area contributed by atoms with Gasteiger partial charge in [-0.25, -0.2) is 4.98 Å². The fraction of sp³-hybridized carbons (Fsp3) is 0.105. The van der Waals surface area contributed by atoms with Crippen LogP contribution >= 0.6 is 11.3 Å². The van der Waals surface area contributed by atoms with Crippen LogP contribution in [0.1, 0.15) is 20.8 Å². The van der Waals surface area contributed by atoms with Gasteiger partial charge in [-0.15, -0.1) is 11.3 Å². The number of nitrogens with one attached hydrogen (secondary N) is 2. The van der Waals surface area contributed by atoms with Crippen molar-refractivity contribution in [1.82, 2.24) is 9.97 Å². The van der Waals surface area contributed by atoms with Crippen molar-refractivity contribution in [2.75, 3.05) is 19.0 Å². The number of carbonyl (C=O) groups is 2. The molecule has 0 atom stereocenters. The molecule has 0 fully saturated rings. The number of nitrogens with two attached hydrogens (primary N) is 1. The number of thiazole rings is 1. The van der Waals surface area contributed by atoms with Crippen molar-refractivity contribution in [2.45, 2.75) is 0 Å². The zero-order valence-electron chi connectivity index (χ0n) is 15.0. The molecule has 8 nitrogen and oxygen atoms in total. The number of nitrogens with zero attached hydrogens (tertiary/aromatic N) is 1. The SMILES string of the molecule is C=CCOc1ccc(C(=O)Nc2nc(-c3c[nH]c(C(N)=O)c3)cs2)cc1OC. The summed E-state index contributed by atoms with van der Waals surface area (Å²) in [5.41, 5.74) is 7.25. The number of hydrogen-bond donors (Lipinski definition) is 3. The van der Waals surface area contributed by atoms with Gasteiger partial charge >= 0.3 is 0 Å². The van der Waals surface area contributed by atoms with Crippen LogP contribution in [0.25, 0.3) is 11.3 Å². The molecule has 0 bridgehead atoms. The Hall–Kier alpha value is -3.59. The highest BCUT2D eigenvalue weighted by Crippen LogP contribution is 2.29. The van der Waals surface area contributed by atoms with E-state index in [1.54, 1.807) is 41.9 Å². The first kappa shape index (κ1) is 19.2. The molecule has 0 saturated carbocycles. The normalized spacial score (nSPS) is 10.3. The van der Waals surface area contributed by atoms with Crippen LogP contribution in [0.5, 0.6) is 11.5 Å². The Bertz CT molecular complexity index is 1020. The fourth-order valence-electron chi connectivity index (χ4n) is 2.39. The van der Waals surface area contributed by atoms with Crippen molar-refractivity contribution in [1.29, 1.82) is 0 Å². The second-order valence-electron chi connectivity index (χ2n) is 5.62. The third-order valence-corrected chi connectivity index (χ3v) is 4.51. The molecule has 0 aliphatic carbocycles. The lowest BCUT2D eigenvalue weighted by Gasteiger charge is -2.10. The smallest absolute Gasteiger partial charge is 0.265 e. The highest BCUT2D eigenvalue weighted by atomic mass is 32.1. The summed E-state index contributed by atoms with van der Waals surface area (Å²) in [5, 5.41) is 4.94. The first-order valence-corrected chi connectivity index (χ1v) is 9.07. The molecular formula is C19H18N4O4S. The van der Waals surface area contributed by atoms with Crippen molar-refractivity contribution in [3.8, 4) is 22.8 Å². The van der Waals surface area contributed by atoms with Crippen LogP contribution in [0.4, 0.5) is 5.13 Å². The Morgan fingerprint density at radius 3 is 2.86 bits per heavy atom. The van der Waals surface area contributed by atoms with Gasteiger partial charge in [0.15, 0.2) is 16.6 Å². The monoisotopic (exact) mass is 398 g/mol. The van der Waals surface area contributed by atoms with E-state index in [1.165, 1.54) is 18.4 Å². The third-order valence-electron chi connectivity index (χ3n) is 3.75. The summed E-state index contributed by atoms with van der Waals surface area (Å²) in [4.78, 5) is 30.9. The summed E-state index contributed by atoms with van der Waals surface area (Å²) < 4.78 is 10.8. The van der Waals surface area contributed by atoms with Crippen LogP contribution in [-0.4, -0.2) is 35.5 Å². The van der Waals surface area contributed by atoms with Crippen molar-refractivity contribution >= 4 is 28.3 Å². The quantitative estimate of drug-likeness (QED) is 0.504. The van der Waals surface area contributed by atoms with Gasteiger partial charge in [-0.05, 0) is 24.3 Å². The maximum absolute atomic E-state index is 12.5. The van der Waals surface area contributed by atoms with Gasteiger partial charge in [-0.3, -0.25) is 14.9 Å². The number of rotatable bonds is 8. The molecule has 3 rings (SSSR count). The van der Waals surface area contributed by atoms with Gasteiger partial charge in [0, 0.05) is 22.7 Å². The van der Waals surface area contributed by atoms with Gasteiger partial charge in [0.2, 0.25) is 0 Å². The molecule has 3 aromatic rings. The Morgan fingerprint density at radius 1 is 1.36 bits per heavy atom. The zero-order chi connectivity index (χ0) is 20.1. The summed E-state index contributed by atoms with van der Waals surface area (Å²) in [6.45, 7) is 3.93. The molecule has 4 N–H and O–H groups in total. The number of aromatic amines is 1. The van der Waals surface area contributed by atoms with Gasteiger partial charge < -0.3 is 20.2 Å². The summed E-state index contributed by atoms with van der Waals surface area (Å²) >= 11 is 1.27. The lowest BCUT2D eigenvalue weighted by molar-refractivity contribution is 0.0994. The Kier molecular flexibility index (Phi) is 5.75. The van der Waals surface area contributed by atoms with Crippen LogP contribution in [0, 0.1) is 0 Å². The van der Waals surface area contributed by atoms with Crippen LogP contribution in [0.3, 0.4) is 0 Å². The average molecular weight is 398 g/mol. The molecule has 0 aliphatic rings. The molecule has 28 heavy (non-hydrogen) atoms. The summed E-state index contributed by atoms with van der Waals surface area (Å²) in [6, 6.07) is 6.50. The molecule has 2 heterocycles. The van der Waals surface area contributed by atoms with E-state index in [2.05, 4.69) is 21.9 Å². The van der Waals surface area contributed by atoms with Gasteiger partial charge in [0.05, 0.1) is 12.8 Å². The van der Waals surface area contributed by atoms with E-state index < -0.39 is 5.91 Å². The Balaban J connectivity index is 1.73. The van der Waals surface area contributed by atoms with Gasteiger partial charge in [-0.1, -0.05) is 12.7 Å². The van der Waals surface area contributed by atoms with Gasteiger partial charge in [-0.2, -0.15) is 0 Å². The lowest BCUT2D eigenvalue weighted by atomic mass is 10.2. The standard InChI is InChI=1S/C19H18N4O4S/c1-3-6-27-15-5-4-11(8-16(15)26-2)18(25)23-19-22-14(10-28-19)12-7-13(17(20)24)21-9-12/h3-5,7-10,21H,1,6H2,2H3,(H2,20,24)(H,22,23,25). The number of hydrogen-bond acceptors (Lipinski definition) is 6. The third kappa shape index (κ3) is 4.21. The maximum atomic E-state index is 12.5. The molecule has 0 aliphatic heterocycles. The molecule has 2 aromatic heterocycles. The minimum Gasteiger partial charge on any atom is -0.493 e. The summed E-state index contributed by atoms with van der Waals surface area (Å²) in [6.07, 6.45) is 3.25. The number of primary amides is 1. The van der Waals surface area contributed by atoms with Crippen molar-refractivity contribution in [3.05, 3.63) is 59.8 Å². The minimum atomic E-state index is -0.551. The number of carbonyl (C=O) groups excluding carboxylic acids is 2. The average Bonchev–Trinajstić information content (AvgIpc) is 3.35. The second kappa shape index (κ2) is 8.40. The number of aromatic nitrogens is 2. The zero-order valence-corrected chi connectivity index (χ0v) is 15.8. The van der Waals surface area contributed by atoms with Crippen LogP contribution in [-0.2, 0) is 0 Å².